The van der Waals surface area contributed by atoms with Crippen LogP contribution in [0.25, 0.3) is 23.8 Å². The van der Waals surface area contributed by atoms with Crippen LogP contribution in [0.5, 0.6) is 0 Å². The third kappa shape index (κ3) is 6.08. The Bertz CT molecular complexity index is 1900. The highest BCUT2D eigenvalue weighted by molar-refractivity contribution is 6.13. The minimum Gasteiger partial charge on any atom is -0.469 e. The van der Waals surface area contributed by atoms with E-state index in [1.807, 2.05) is 6.92 Å². The van der Waals surface area contributed by atoms with Crippen LogP contribution in [0.4, 0.5) is 0 Å². The molecule has 0 saturated carbocycles. The van der Waals surface area contributed by atoms with Crippen LogP contribution in [0, 0.1) is 32.6 Å². The van der Waals surface area contributed by atoms with Crippen molar-refractivity contribution < 1.29 is 19.1 Å². The Hall–Kier alpha value is -4.04. The van der Waals surface area contributed by atoms with Crippen molar-refractivity contribution in [3.05, 3.63) is 78.2 Å². The first kappa shape index (κ1) is 32.9. The number of aromatic amines is 3. The molecule has 6 rings (SSSR count). The van der Waals surface area contributed by atoms with Crippen LogP contribution in [0.3, 0.4) is 0 Å². The van der Waals surface area contributed by atoms with Crippen molar-refractivity contribution in [3.8, 4) is 0 Å². The molecule has 4 N–H and O–H groups in total. The van der Waals surface area contributed by atoms with Crippen LogP contribution in [-0.4, -0.2) is 40.4 Å². The molecule has 0 spiro atoms. The van der Waals surface area contributed by atoms with Crippen molar-refractivity contribution in [1.29, 1.82) is 0 Å². The summed E-state index contributed by atoms with van der Waals surface area (Å²) in [4.78, 5) is 37.0. The number of allylic oxidation sites excluding steroid dienone is 3. The number of esters is 1. The van der Waals surface area contributed by atoms with Gasteiger partial charge in [0.05, 0.1) is 19.4 Å². The van der Waals surface area contributed by atoms with Crippen molar-refractivity contribution in [2.24, 2.45) is 11.8 Å². The van der Waals surface area contributed by atoms with E-state index in [0.29, 0.717) is 25.9 Å². The van der Waals surface area contributed by atoms with Gasteiger partial charge < -0.3 is 29.7 Å². The molecule has 47 heavy (non-hydrogen) atoms. The molecule has 1 saturated heterocycles. The number of aromatic nitrogens is 3. The Morgan fingerprint density at radius 1 is 0.894 bits per heavy atom. The van der Waals surface area contributed by atoms with E-state index in [0.717, 1.165) is 92.1 Å². The molecule has 2 aliphatic heterocycles. The summed E-state index contributed by atoms with van der Waals surface area (Å²) in [6.07, 6.45) is 13.5. The molecule has 0 amide bonds. The number of ether oxygens (including phenoxy) is 2. The van der Waals surface area contributed by atoms with E-state index in [-0.39, 0.29) is 23.6 Å². The summed E-state index contributed by atoms with van der Waals surface area (Å²) in [5.74, 6) is 0.0487. The fraction of sp³-hybridized carbons (Fsp3) is 0.487. The molecular weight excluding hydrogens is 588 g/mol. The molecule has 3 aliphatic rings. The number of Topliss-reactive ketones (excluding diaryl/α,β-unsaturated/α-hetero) is 1. The van der Waals surface area contributed by atoms with E-state index < -0.39 is 0 Å². The third-order valence-corrected chi connectivity index (χ3v) is 10.7. The van der Waals surface area contributed by atoms with Gasteiger partial charge in [0, 0.05) is 87.2 Å². The van der Waals surface area contributed by atoms with Crippen LogP contribution >= 0.6 is 0 Å². The smallest absolute Gasteiger partial charge is 0.305 e. The molecule has 1 fully saturated rings. The number of unbranched alkanes of at least 4 members (excludes halogenated alkanes) is 3. The maximum Gasteiger partial charge on any atom is 0.305 e. The number of nitrogens with one attached hydrogen (secondary N) is 4. The number of carbonyl (C=O) groups excluding carboxylic acids is 2. The number of H-pyrrole nitrogens is 3. The van der Waals surface area contributed by atoms with E-state index in [9.17, 15) is 9.59 Å². The van der Waals surface area contributed by atoms with Gasteiger partial charge in [-0.05, 0) is 80.5 Å². The van der Waals surface area contributed by atoms with Crippen molar-refractivity contribution in [2.45, 2.75) is 99.5 Å². The zero-order valence-electron chi connectivity index (χ0n) is 29.1. The maximum atomic E-state index is 13.6. The van der Waals surface area contributed by atoms with Crippen molar-refractivity contribution >= 4 is 35.6 Å². The lowest BCUT2D eigenvalue weighted by Gasteiger charge is -2.17. The lowest BCUT2D eigenvalue weighted by molar-refractivity contribution is -0.140. The quantitative estimate of drug-likeness (QED) is 0.144. The zero-order valence-corrected chi connectivity index (χ0v) is 29.1. The van der Waals surface area contributed by atoms with Gasteiger partial charge in [-0.1, -0.05) is 40.0 Å². The van der Waals surface area contributed by atoms with Crippen LogP contribution in [-0.2, 0) is 27.3 Å². The predicted molar refractivity (Wildman–Crippen MR) is 187 cm³/mol. The molecule has 3 aromatic rings. The van der Waals surface area contributed by atoms with Crippen LogP contribution in [0.1, 0.15) is 127 Å². The summed E-state index contributed by atoms with van der Waals surface area (Å²) in [7, 11) is 1.44. The van der Waals surface area contributed by atoms with Gasteiger partial charge in [-0.15, -0.1) is 0 Å². The van der Waals surface area contributed by atoms with Gasteiger partial charge in [0.15, 0.2) is 5.78 Å². The normalized spacial score (nSPS) is 18.3. The first-order chi connectivity index (χ1) is 22.7. The Labute approximate surface area is 277 Å². The number of methoxy groups -OCH3 is 1. The van der Waals surface area contributed by atoms with Crippen molar-refractivity contribution in [1.82, 2.24) is 20.3 Å². The second-order valence-electron chi connectivity index (χ2n) is 13.5. The Kier molecular flexibility index (Phi) is 9.51. The Morgan fingerprint density at radius 2 is 1.66 bits per heavy atom. The lowest BCUT2D eigenvalue weighted by atomic mass is 9.86. The molecule has 250 valence electrons. The van der Waals surface area contributed by atoms with Crippen LogP contribution in [0.15, 0.2) is 11.4 Å². The molecular formula is C39H50N4O4. The third-order valence-electron chi connectivity index (χ3n) is 10.7. The van der Waals surface area contributed by atoms with Gasteiger partial charge in [-0.3, -0.25) is 9.59 Å². The van der Waals surface area contributed by atoms with Crippen LogP contribution in [0.2, 0.25) is 0 Å². The van der Waals surface area contributed by atoms with Gasteiger partial charge in [0.1, 0.15) is 0 Å². The number of hydrogen-bond donors (Lipinski definition) is 4. The number of ketones is 1. The molecule has 8 nitrogen and oxygen atoms in total. The minimum absolute atomic E-state index is 0.0351. The van der Waals surface area contributed by atoms with Gasteiger partial charge >= 0.3 is 5.97 Å². The van der Waals surface area contributed by atoms with E-state index in [2.05, 4.69) is 73.1 Å². The second-order valence-corrected chi connectivity index (χ2v) is 13.5. The summed E-state index contributed by atoms with van der Waals surface area (Å²) in [5.41, 5.74) is 13.6. The van der Waals surface area contributed by atoms with Crippen molar-refractivity contribution in [2.75, 3.05) is 13.7 Å². The number of fused-ring (bicyclic) bond motifs is 7. The Morgan fingerprint density at radius 3 is 2.40 bits per heavy atom. The largest absolute Gasteiger partial charge is 0.469 e. The van der Waals surface area contributed by atoms with E-state index in [1.54, 1.807) is 0 Å². The molecule has 0 radical (unpaired) electrons. The SMILES string of the molecule is CCCCCCOCc1c2[nH]c(c1C)C=C1NC(=C3CC(=O)c4c3[nH]c(c4C)C=c3[nH]c(c(C)c3CC)=C2)[C@@H](CCC(=O)OC)[C@@H]1C. The highest BCUT2D eigenvalue weighted by Crippen LogP contribution is 2.45. The first-order valence-electron chi connectivity index (χ1n) is 17.4. The van der Waals surface area contributed by atoms with E-state index in [4.69, 9.17) is 9.47 Å². The first-order valence-corrected chi connectivity index (χ1v) is 17.4. The van der Waals surface area contributed by atoms with Gasteiger partial charge in [-0.2, -0.15) is 0 Å². The molecule has 2 atom stereocenters. The average Bonchev–Trinajstić information content (AvgIpc) is 3.80. The molecule has 1 aliphatic carbocycles. The van der Waals surface area contributed by atoms with Gasteiger partial charge in [0.25, 0.3) is 0 Å². The second kappa shape index (κ2) is 13.6. The molecule has 8 heteroatoms. The molecule has 0 aromatic carbocycles. The van der Waals surface area contributed by atoms with Crippen LogP contribution < -0.4 is 16.0 Å². The predicted octanol–water partition coefficient (Wildman–Crippen LogP) is 6.37. The summed E-state index contributed by atoms with van der Waals surface area (Å²) in [6, 6.07) is 0. The summed E-state index contributed by atoms with van der Waals surface area (Å²) in [6.45, 7) is 14.3. The van der Waals surface area contributed by atoms with E-state index in [1.165, 1.54) is 37.5 Å². The molecule has 3 aromatic heterocycles. The fourth-order valence-electron chi connectivity index (χ4n) is 7.75. The Balaban J connectivity index is 1.55. The fourth-order valence-corrected chi connectivity index (χ4v) is 7.75. The zero-order chi connectivity index (χ0) is 33.4. The van der Waals surface area contributed by atoms with Gasteiger partial charge in [-0.25, -0.2) is 0 Å². The summed E-state index contributed by atoms with van der Waals surface area (Å²) >= 11 is 0. The molecule has 5 heterocycles. The number of carbonyl (C=O) groups is 2. The standard InChI is InChI=1S/C39H50N4O4/c1-8-10-11-12-15-47-20-28-23(5)29-17-31-22(4)26(13-14-36(45)46-7)38(42-31)27-16-35(44)37-24(6)32(43-39(27)37)19-33-25(9-2)21(3)30(40-33)18-34(28)41-29/h17-19,22,26,40-43H,8-16,20H2,1-7H3/t22-,26-/m0/s1. The van der Waals surface area contributed by atoms with Crippen molar-refractivity contribution in [3.63, 3.8) is 0 Å². The van der Waals surface area contributed by atoms with Gasteiger partial charge in [0.2, 0.25) is 0 Å². The summed E-state index contributed by atoms with van der Waals surface area (Å²) < 4.78 is 11.3. The minimum atomic E-state index is -0.222. The number of hydrogen-bond acceptors (Lipinski definition) is 5. The molecule has 0 unspecified atom stereocenters. The maximum absolute atomic E-state index is 13.6. The lowest BCUT2D eigenvalue weighted by Crippen LogP contribution is -2.13. The average molecular weight is 639 g/mol. The number of rotatable bonds is 11. The topological polar surface area (TPSA) is 112 Å². The summed E-state index contributed by atoms with van der Waals surface area (Å²) in [5, 5.41) is 5.89. The molecule has 8 bridgehead atoms. The van der Waals surface area contributed by atoms with E-state index >= 15 is 0 Å². The highest BCUT2D eigenvalue weighted by atomic mass is 16.5. The highest BCUT2D eigenvalue weighted by Gasteiger charge is 2.39. The monoisotopic (exact) mass is 638 g/mol.